The van der Waals surface area contributed by atoms with Crippen molar-refractivity contribution >= 4 is 35.7 Å². The second kappa shape index (κ2) is 21.6. The first-order chi connectivity index (χ1) is 32.1. The Morgan fingerprint density at radius 3 is 1.61 bits per heavy atom. The number of unbranched alkanes of at least 4 members (excludes halogenated alkanes) is 4. The van der Waals surface area contributed by atoms with E-state index >= 15 is 0 Å². The number of nitrogens with zero attached hydrogens (tertiary/aromatic N) is 2. The van der Waals surface area contributed by atoms with Crippen LogP contribution in [-0.4, -0.2) is 81.0 Å². The minimum absolute atomic E-state index is 0.0932. The number of esters is 2. The number of fused-ring (bicyclic) bond motifs is 2. The van der Waals surface area contributed by atoms with Crippen LogP contribution in [-0.2, 0) is 45.1 Å². The lowest BCUT2D eigenvalue weighted by atomic mass is 10.1. The van der Waals surface area contributed by atoms with Gasteiger partial charge in [0.05, 0.1) is 30.2 Å². The monoisotopic (exact) mass is 877 g/mol. The summed E-state index contributed by atoms with van der Waals surface area (Å²) in [5, 5.41) is 17.5. The van der Waals surface area contributed by atoms with Crippen LogP contribution in [0, 0.1) is 0 Å². The molecule has 2 aliphatic heterocycles. The molecule has 4 aromatic carbocycles. The minimum Gasteiger partial charge on any atom is -0.493 e. The summed E-state index contributed by atoms with van der Waals surface area (Å²) in [4.78, 5) is 74.1. The molecule has 2 saturated carbocycles. The van der Waals surface area contributed by atoms with E-state index in [1.165, 1.54) is 4.90 Å². The van der Waals surface area contributed by atoms with Crippen LogP contribution in [0.4, 0.5) is 0 Å². The molecule has 64 heavy (non-hydrogen) atoms. The van der Waals surface area contributed by atoms with E-state index in [1.807, 2.05) is 24.3 Å². The Labute approximate surface area is 376 Å². The van der Waals surface area contributed by atoms with Gasteiger partial charge in [-0.15, -0.1) is 0 Å². The fourth-order valence-corrected chi connectivity index (χ4v) is 7.35. The molecule has 0 bridgehead atoms. The van der Waals surface area contributed by atoms with E-state index in [-0.39, 0.29) is 61.7 Å². The first-order valence-corrected chi connectivity index (χ1v) is 21.8. The van der Waals surface area contributed by atoms with Gasteiger partial charge in [0.2, 0.25) is 0 Å². The first kappa shape index (κ1) is 41.3. The molecule has 0 aromatic heterocycles. The summed E-state index contributed by atoms with van der Waals surface area (Å²) in [6.07, 6.45) is 7.16. The van der Waals surface area contributed by atoms with Crippen LogP contribution in [0.5, 0.6) is 23.0 Å². The highest BCUT2D eigenvalue weighted by atomic mass is 16.5. The van der Waals surface area contributed by atoms with Gasteiger partial charge in [0.15, 0.2) is 0 Å². The topological polar surface area (TPSA) is 186 Å². The van der Waals surface area contributed by atoms with E-state index in [4.69, 9.17) is 33.3 Å². The normalized spacial score (nSPS) is 16.0. The van der Waals surface area contributed by atoms with E-state index in [9.17, 15) is 28.8 Å². The lowest BCUT2D eigenvalue weighted by molar-refractivity contribution is -0.138. The maximum absolute atomic E-state index is 13.5. The summed E-state index contributed by atoms with van der Waals surface area (Å²) in [6.45, 7) is -1.11. The van der Waals surface area contributed by atoms with Gasteiger partial charge < -0.3 is 39.0 Å². The molecule has 14 heteroatoms. The average Bonchev–Trinajstić information content (AvgIpc) is 4.20. The highest BCUT2D eigenvalue weighted by Gasteiger charge is 2.36. The molecule has 0 atom stereocenters. The van der Waals surface area contributed by atoms with Gasteiger partial charge in [0, 0.05) is 71.3 Å². The van der Waals surface area contributed by atoms with Crippen molar-refractivity contribution in [1.29, 1.82) is 0 Å². The van der Waals surface area contributed by atoms with Crippen molar-refractivity contribution in [2.45, 2.75) is 115 Å². The van der Waals surface area contributed by atoms with Crippen molar-refractivity contribution in [3.8, 4) is 23.0 Å². The maximum atomic E-state index is 13.5. The second-order valence-corrected chi connectivity index (χ2v) is 16.1. The molecule has 2 amide bonds. The predicted molar refractivity (Wildman–Crippen MR) is 233 cm³/mol. The Morgan fingerprint density at radius 2 is 1.11 bits per heavy atom. The molecule has 0 unspecified atom stereocenters. The fraction of sp³-hybridized carbons (Fsp3) is 0.400. The third-order valence-corrected chi connectivity index (χ3v) is 11.0. The average molecular weight is 878 g/mol. The van der Waals surface area contributed by atoms with Crippen LogP contribution < -0.4 is 18.9 Å². The van der Waals surface area contributed by atoms with Crippen LogP contribution in [0.25, 0.3) is 0 Å². The van der Waals surface area contributed by atoms with Crippen molar-refractivity contribution in [2.75, 3.05) is 13.2 Å². The Bertz CT molecular complexity index is 2510. The van der Waals surface area contributed by atoms with E-state index in [0.717, 1.165) is 18.4 Å². The van der Waals surface area contributed by atoms with Gasteiger partial charge in [0.25, 0.3) is 11.8 Å². The molecular weight excluding hydrogens is 821 g/mol. The molecule has 2 N–H and O–H groups in total. The summed E-state index contributed by atoms with van der Waals surface area (Å²) in [6, 6.07) is 22.8. The molecule has 0 spiro atoms. The fourth-order valence-electron chi connectivity index (χ4n) is 7.35. The summed E-state index contributed by atoms with van der Waals surface area (Å²) in [5.74, 6) is -1.09. The van der Waals surface area contributed by atoms with Crippen molar-refractivity contribution in [1.82, 2.24) is 9.80 Å². The molecule has 14 nitrogen and oxygen atoms in total. The smallest absolute Gasteiger partial charge is 0.315 e. The van der Waals surface area contributed by atoms with E-state index < -0.39 is 30.4 Å². The van der Waals surface area contributed by atoms with Gasteiger partial charge in [-0.3, -0.25) is 28.8 Å². The zero-order chi connectivity index (χ0) is 47.7. The molecule has 8 rings (SSSR count). The van der Waals surface area contributed by atoms with Crippen molar-refractivity contribution in [3.05, 3.63) is 118 Å². The lowest BCUT2D eigenvalue weighted by Gasteiger charge is -2.24. The van der Waals surface area contributed by atoms with Crippen molar-refractivity contribution < 1.29 is 62.0 Å². The summed E-state index contributed by atoms with van der Waals surface area (Å²) < 4.78 is 48.6. The number of para-hydroxylation sites is 2. The second-order valence-electron chi connectivity index (χ2n) is 16.1. The van der Waals surface area contributed by atoms with Crippen molar-refractivity contribution in [2.24, 2.45) is 0 Å². The van der Waals surface area contributed by atoms with E-state index in [2.05, 4.69) is 0 Å². The Hall–Kier alpha value is -6.70. The summed E-state index contributed by atoms with van der Waals surface area (Å²) >= 11 is 0. The zero-order valence-electron chi connectivity index (χ0n) is 38.6. The summed E-state index contributed by atoms with van der Waals surface area (Å²) in [5.41, 5.74) is 3.13. The largest absolute Gasteiger partial charge is 0.493 e. The predicted octanol–water partition coefficient (Wildman–Crippen LogP) is 7.95. The summed E-state index contributed by atoms with van der Waals surface area (Å²) in [7, 11) is 0. The number of hydrogen-bond acceptors (Lipinski definition) is 10. The van der Waals surface area contributed by atoms with Crippen LogP contribution >= 0.6 is 0 Å². The number of amides is 2. The number of carboxylic acids is 2. The molecule has 0 radical (unpaired) electrons. The number of benzene rings is 4. The van der Waals surface area contributed by atoms with Gasteiger partial charge in [0.1, 0.15) is 23.0 Å². The van der Waals surface area contributed by atoms with Crippen LogP contribution in [0.15, 0.2) is 84.9 Å². The van der Waals surface area contributed by atoms with Gasteiger partial charge in [-0.2, -0.15) is 0 Å². The third-order valence-electron chi connectivity index (χ3n) is 11.0. The number of aliphatic carboxylic acids is 2. The molecule has 4 aromatic rings. The Kier molecular flexibility index (Phi) is 13.9. The highest BCUT2D eigenvalue weighted by Crippen LogP contribution is 2.35. The maximum Gasteiger partial charge on any atom is 0.315 e. The molecule has 0 saturated heterocycles. The number of ether oxygens (including phenoxy) is 4. The number of carbonyl (C=O) groups excluding carboxylic acids is 4. The SMILES string of the molecule is [2H]C([2H])(c1ccccc1OCCCCCC(=O)O)N(C(=O)c1ccc2c(c1)CC(=O)O2)C1CC1.[2H]C1(N(Cc2ccccc2OCCCCCC(=O)O)C(=O)c2ccc3c(c2)CC(=O)O3)CC1. The van der Waals surface area contributed by atoms with Crippen LogP contribution in [0.1, 0.15) is 124 Å². The quantitative estimate of drug-likeness (QED) is 0.0442. The van der Waals surface area contributed by atoms with Crippen LogP contribution in [0.3, 0.4) is 0 Å². The number of rotatable bonds is 22. The van der Waals surface area contributed by atoms with E-state index in [1.54, 1.807) is 65.6 Å². The zero-order valence-corrected chi connectivity index (χ0v) is 35.6. The highest BCUT2D eigenvalue weighted by molar-refractivity contribution is 5.97. The van der Waals surface area contributed by atoms with Crippen molar-refractivity contribution in [3.63, 3.8) is 0 Å². The van der Waals surface area contributed by atoms with Gasteiger partial charge in [-0.1, -0.05) is 36.4 Å². The molecule has 2 aliphatic carbocycles. The van der Waals surface area contributed by atoms with E-state index in [0.29, 0.717) is 110 Å². The minimum atomic E-state index is -2.12. The third kappa shape index (κ3) is 12.7. The number of carboxylic acid groups (broad SMARTS) is 2. The number of carbonyl (C=O) groups is 6. The number of hydrogen-bond donors (Lipinski definition) is 2. The first-order valence-electron chi connectivity index (χ1n) is 23.3. The molecule has 4 aliphatic rings. The standard InChI is InChI=1S/2C25H27NO6/c2*27-23(28)8-2-1-5-13-31-21-7-4-3-6-18(21)16-26(20-10-11-20)25(30)17-9-12-22-19(14-17)15-24(29)32-22/h2*3-4,6-7,9,12,14,20H,1-2,5,8,10-11,13,15-16H2,(H,27,28)/i20D;16D2. The molecule has 336 valence electrons. The van der Waals surface area contributed by atoms with Gasteiger partial charge >= 0.3 is 23.9 Å². The van der Waals surface area contributed by atoms with Crippen LogP contribution in [0.2, 0.25) is 0 Å². The molecular formula is C50H54N2O12. The Morgan fingerprint density at radius 1 is 0.625 bits per heavy atom. The lowest BCUT2D eigenvalue weighted by Crippen LogP contribution is -2.32. The van der Waals surface area contributed by atoms with Gasteiger partial charge in [-0.25, -0.2) is 0 Å². The molecule has 2 heterocycles. The Balaban J connectivity index is 0.000000199. The molecule has 2 fully saturated rings. The van der Waals surface area contributed by atoms with Gasteiger partial charge in [-0.05, 0) is 113 Å².